The van der Waals surface area contributed by atoms with Gasteiger partial charge in [0.2, 0.25) is 0 Å². The largest absolute Gasteiger partial charge is 0.450 e. The van der Waals surface area contributed by atoms with Crippen molar-refractivity contribution in [2.75, 3.05) is 17.2 Å². The molecule has 0 atom stereocenters. The fraction of sp³-hybridized carbons (Fsp3) is 0.0870. The van der Waals surface area contributed by atoms with Gasteiger partial charge in [-0.25, -0.2) is 14.4 Å². The maximum absolute atomic E-state index is 11.8. The Morgan fingerprint density at radius 2 is 1.28 bits per heavy atom. The van der Waals surface area contributed by atoms with Gasteiger partial charge in [0.15, 0.2) is 0 Å². The second kappa shape index (κ2) is 12.9. The minimum atomic E-state index is -0.786. The number of anilines is 2. The van der Waals surface area contributed by atoms with Crippen LogP contribution in [0.2, 0.25) is 0 Å². The van der Waals surface area contributed by atoms with Crippen LogP contribution in [0.1, 0.15) is 6.92 Å². The molecule has 0 saturated heterocycles. The maximum Gasteiger partial charge on any atom is 0.417 e. The van der Waals surface area contributed by atoms with E-state index in [0.29, 0.717) is 22.9 Å². The van der Waals surface area contributed by atoms with Crippen LogP contribution < -0.4 is 25.8 Å². The van der Waals surface area contributed by atoms with Gasteiger partial charge in [-0.1, -0.05) is 42.5 Å². The number of carbonyl (C=O) groups excluding carboxylic acids is 3. The number of benzene rings is 3. The second-order valence-electron chi connectivity index (χ2n) is 5.99. The van der Waals surface area contributed by atoms with E-state index in [-0.39, 0.29) is 6.61 Å². The molecular weight excluding hydrogens is 414 g/mol. The summed E-state index contributed by atoms with van der Waals surface area (Å²) >= 11 is 0. The Morgan fingerprint density at radius 1 is 0.719 bits per heavy atom. The zero-order valence-corrected chi connectivity index (χ0v) is 17.3. The zero-order chi connectivity index (χ0) is 23.2. The van der Waals surface area contributed by atoms with Crippen LogP contribution in [0.3, 0.4) is 0 Å². The Bertz CT molecular complexity index is 1010. The molecule has 0 aliphatic carbocycles. The molecule has 0 bridgehead atoms. The van der Waals surface area contributed by atoms with Crippen LogP contribution in [0, 0.1) is 0 Å². The van der Waals surface area contributed by atoms with Gasteiger partial charge in [-0.15, -0.1) is 0 Å². The number of hydrogen-bond donors (Lipinski definition) is 3. The number of ether oxygens (including phenoxy) is 3. The lowest BCUT2D eigenvalue weighted by molar-refractivity contribution is 0.168. The monoisotopic (exact) mass is 437 g/mol. The first-order valence-corrected chi connectivity index (χ1v) is 9.56. The first-order chi connectivity index (χ1) is 15.5. The van der Waals surface area contributed by atoms with Crippen LogP contribution in [0.25, 0.3) is 0 Å². The van der Waals surface area contributed by atoms with Crippen molar-refractivity contribution in [1.29, 1.82) is 0 Å². The highest BCUT2D eigenvalue weighted by Gasteiger charge is 2.07. The highest BCUT2D eigenvalue weighted by Crippen LogP contribution is 2.18. The van der Waals surface area contributed by atoms with E-state index in [4.69, 9.17) is 15.2 Å². The van der Waals surface area contributed by atoms with Crippen molar-refractivity contribution in [3.63, 3.8) is 0 Å². The highest BCUT2D eigenvalue weighted by atomic mass is 16.6. The number of hydrogen-bond acceptors (Lipinski definition) is 6. The molecule has 32 heavy (non-hydrogen) atoms. The van der Waals surface area contributed by atoms with E-state index in [2.05, 4.69) is 15.4 Å². The summed E-state index contributed by atoms with van der Waals surface area (Å²) in [6, 6.07) is 24.1. The molecule has 0 heterocycles. The van der Waals surface area contributed by atoms with Gasteiger partial charge < -0.3 is 19.9 Å². The quantitative estimate of drug-likeness (QED) is 0.515. The van der Waals surface area contributed by atoms with Crippen molar-refractivity contribution in [3.05, 3.63) is 84.9 Å². The molecule has 3 aromatic rings. The molecule has 3 rings (SSSR count). The van der Waals surface area contributed by atoms with Gasteiger partial charge in [-0.2, -0.15) is 0 Å². The van der Waals surface area contributed by atoms with Gasteiger partial charge in [-0.05, 0) is 43.3 Å². The number of rotatable bonds is 5. The molecule has 3 amide bonds. The first-order valence-electron chi connectivity index (χ1n) is 9.56. The molecule has 0 aliphatic heterocycles. The summed E-state index contributed by atoms with van der Waals surface area (Å²) < 4.78 is 14.5. The molecule has 4 N–H and O–H groups in total. The lowest BCUT2D eigenvalue weighted by Crippen LogP contribution is -2.17. The summed E-state index contributed by atoms with van der Waals surface area (Å²) in [5.74, 6) is 0.776. The number of amides is 3. The number of nitrogens with one attached hydrogen (secondary N) is 2. The third kappa shape index (κ3) is 9.31. The van der Waals surface area contributed by atoms with Gasteiger partial charge in [0.05, 0.1) is 6.61 Å². The smallest absolute Gasteiger partial charge is 0.417 e. The standard InChI is InChI=1S/C16H16N2O4.C7H7NO2/c1-2-21-15(19)18-13-9-6-10-14(11-13)22-16(20)17-12-7-4-3-5-8-12;8-7(9)10-6-4-2-1-3-5-6/h3-11H,2H2,1H3,(H,17,20)(H,18,19);1-5H,(H2,8,9). The van der Waals surface area contributed by atoms with E-state index >= 15 is 0 Å². The summed E-state index contributed by atoms with van der Waals surface area (Å²) in [4.78, 5) is 33.3. The molecule has 0 aliphatic rings. The predicted molar refractivity (Wildman–Crippen MR) is 120 cm³/mol. The molecule has 3 aromatic carbocycles. The van der Waals surface area contributed by atoms with E-state index in [1.165, 1.54) is 6.07 Å². The van der Waals surface area contributed by atoms with E-state index in [0.717, 1.165) is 0 Å². The summed E-state index contributed by atoms with van der Waals surface area (Å²) in [7, 11) is 0. The van der Waals surface area contributed by atoms with Gasteiger partial charge in [0.1, 0.15) is 11.5 Å². The molecule has 9 nitrogen and oxygen atoms in total. The van der Waals surface area contributed by atoms with Crippen LogP contribution >= 0.6 is 0 Å². The molecule has 0 aromatic heterocycles. The number of carbonyl (C=O) groups is 3. The zero-order valence-electron chi connectivity index (χ0n) is 17.3. The van der Waals surface area contributed by atoms with Crippen molar-refractivity contribution >= 4 is 29.7 Å². The average molecular weight is 437 g/mol. The van der Waals surface area contributed by atoms with Crippen LogP contribution in [-0.4, -0.2) is 24.9 Å². The number of primary amides is 1. The third-order valence-electron chi connectivity index (χ3n) is 3.55. The Kier molecular flexibility index (Phi) is 9.58. The molecule has 166 valence electrons. The average Bonchev–Trinajstić information content (AvgIpc) is 2.75. The van der Waals surface area contributed by atoms with Crippen LogP contribution in [0.5, 0.6) is 11.5 Å². The molecule has 9 heteroatoms. The summed E-state index contributed by atoms with van der Waals surface area (Å²) in [5.41, 5.74) is 5.87. The third-order valence-corrected chi connectivity index (χ3v) is 3.55. The van der Waals surface area contributed by atoms with Crippen molar-refractivity contribution in [1.82, 2.24) is 0 Å². The second-order valence-corrected chi connectivity index (χ2v) is 5.99. The predicted octanol–water partition coefficient (Wildman–Crippen LogP) is 5.01. The van der Waals surface area contributed by atoms with Crippen LogP contribution in [-0.2, 0) is 4.74 Å². The normalized spacial score (nSPS) is 9.41. The Hall–Kier alpha value is -4.53. The lowest BCUT2D eigenvalue weighted by atomic mass is 10.3. The molecular formula is C23H23N3O6. The molecule has 0 unspecified atom stereocenters. The summed E-state index contributed by atoms with van der Waals surface area (Å²) in [6.07, 6.45) is -1.96. The summed E-state index contributed by atoms with van der Waals surface area (Å²) in [6.45, 7) is 1.99. The van der Waals surface area contributed by atoms with E-state index < -0.39 is 18.3 Å². The molecule has 0 saturated carbocycles. The molecule has 0 radical (unpaired) electrons. The van der Waals surface area contributed by atoms with Crippen molar-refractivity contribution in [2.45, 2.75) is 6.92 Å². The maximum atomic E-state index is 11.8. The van der Waals surface area contributed by atoms with Gasteiger partial charge >= 0.3 is 18.3 Å². The van der Waals surface area contributed by atoms with Gasteiger partial charge in [-0.3, -0.25) is 10.6 Å². The molecule has 0 fully saturated rings. The fourth-order valence-electron chi connectivity index (χ4n) is 2.30. The Balaban J connectivity index is 0.000000303. The van der Waals surface area contributed by atoms with Crippen molar-refractivity contribution in [3.8, 4) is 11.5 Å². The topological polar surface area (TPSA) is 129 Å². The van der Waals surface area contributed by atoms with Crippen molar-refractivity contribution in [2.24, 2.45) is 5.73 Å². The summed E-state index contributed by atoms with van der Waals surface area (Å²) in [5, 5.41) is 5.13. The van der Waals surface area contributed by atoms with Gasteiger partial charge in [0.25, 0.3) is 0 Å². The fourth-order valence-corrected chi connectivity index (χ4v) is 2.30. The lowest BCUT2D eigenvalue weighted by Gasteiger charge is -2.09. The van der Waals surface area contributed by atoms with E-state index in [1.807, 2.05) is 12.1 Å². The first kappa shape index (κ1) is 23.7. The van der Waals surface area contributed by atoms with E-state index in [1.54, 1.807) is 73.7 Å². The minimum Gasteiger partial charge on any atom is -0.450 e. The minimum absolute atomic E-state index is 0.279. The Morgan fingerprint density at radius 3 is 1.91 bits per heavy atom. The van der Waals surface area contributed by atoms with Gasteiger partial charge in [0, 0.05) is 17.4 Å². The van der Waals surface area contributed by atoms with E-state index in [9.17, 15) is 14.4 Å². The molecule has 0 spiro atoms. The number of para-hydroxylation sites is 2. The number of nitrogens with two attached hydrogens (primary N) is 1. The van der Waals surface area contributed by atoms with Crippen LogP contribution in [0.15, 0.2) is 84.9 Å². The Labute approximate surface area is 185 Å². The highest BCUT2D eigenvalue weighted by molar-refractivity contribution is 5.87. The van der Waals surface area contributed by atoms with Crippen LogP contribution in [0.4, 0.5) is 25.8 Å². The van der Waals surface area contributed by atoms with Crippen molar-refractivity contribution < 1.29 is 28.6 Å². The SMILES string of the molecule is CCOC(=O)Nc1cccc(OC(=O)Nc2ccccc2)c1.NC(=O)Oc1ccccc1.